The number of anilines is 1. The van der Waals surface area contributed by atoms with E-state index in [1.165, 1.54) is 11.3 Å². The van der Waals surface area contributed by atoms with Crippen LogP contribution >= 0.6 is 11.3 Å². The minimum atomic E-state index is 0.00711. The fourth-order valence-electron chi connectivity index (χ4n) is 3.61. The van der Waals surface area contributed by atoms with Gasteiger partial charge in [0, 0.05) is 6.61 Å². The first-order valence-corrected chi connectivity index (χ1v) is 11.1. The van der Waals surface area contributed by atoms with E-state index in [0.29, 0.717) is 30.5 Å². The van der Waals surface area contributed by atoms with E-state index in [1.807, 2.05) is 49.4 Å². The quantitative estimate of drug-likeness (QED) is 0.532. The van der Waals surface area contributed by atoms with Crippen molar-refractivity contribution in [3.63, 3.8) is 0 Å². The molecule has 0 N–H and O–H groups in total. The maximum atomic E-state index is 13.3. The monoisotopic (exact) mass is 426 g/mol. The second kappa shape index (κ2) is 9.45. The zero-order valence-corrected chi connectivity index (χ0v) is 18.1. The smallest absolute Gasteiger partial charge is 0.233 e. The number of carbonyl (C=O) groups is 1. The van der Waals surface area contributed by atoms with Crippen molar-refractivity contribution in [2.75, 3.05) is 31.8 Å². The lowest BCUT2D eigenvalue weighted by molar-refractivity contribution is -0.118. The Balaban J connectivity index is 1.59. The van der Waals surface area contributed by atoms with E-state index in [9.17, 15) is 4.79 Å². The molecule has 4 rings (SSSR count). The first-order valence-electron chi connectivity index (χ1n) is 10.2. The molecule has 0 radical (unpaired) electrons. The van der Waals surface area contributed by atoms with Gasteiger partial charge >= 0.3 is 0 Å². The van der Waals surface area contributed by atoms with E-state index in [1.54, 1.807) is 12.0 Å². The fourth-order valence-corrected chi connectivity index (χ4v) is 4.62. The third kappa shape index (κ3) is 4.57. The van der Waals surface area contributed by atoms with E-state index < -0.39 is 0 Å². The second-order valence-corrected chi connectivity index (χ2v) is 8.21. The van der Waals surface area contributed by atoms with Gasteiger partial charge in [0.2, 0.25) is 5.91 Å². The summed E-state index contributed by atoms with van der Waals surface area (Å²) in [7, 11) is 1.63. The predicted octanol–water partition coefficient (Wildman–Crippen LogP) is 4.46. The largest absolute Gasteiger partial charge is 0.494 e. The van der Waals surface area contributed by atoms with Gasteiger partial charge in [0.05, 0.1) is 37.5 Å². The number of para-hydroxylation sites is 1. The molecule has 158 valence electrons. The standard InChI is InChI=1S/C23H26N2O4S/c1-3-28-17-11-9-16(10-12-17)14-21(26)25(15-18-6-5-13-29-18)23-24-22-19(27-2)7-4-8-20(22)30-23/h4,7-12,18H,3,5-6,13-15H2,1-2H3. The molecule has 1 aromatic heterocycles. The van der Waals surface area contributed by atoms with Gasteiger partial charge in [-0.1, -0.05) is 29.5 Å². The average Bonchev–Trinajstić information content (AvgIpc) is 3.42. The second-order valence-electron chi connectivity index (χ2n) is 7.20. The van der Waals surface area contributed by atoms with Crippen LogP contribution < -0.4 is 14.4 Å². The van der Waals surface area contributed by atoms with Gasteiger partial charge in [-0.2, -0.15) is 0 Å². The molecule has 1 unspecified atom stereocenters. The zero-order chi connectivity index (χ0) is 20.9. The number of aromatic nitrogens is 1. The van der Waals surface area contributed by atoms with Gasteiger partial charge in [-0.3, -0.25) is 9.69 Å². The number of methoxy groups -OCH3 is 1. The maximum absolute atomic E-state index is 13.3. The molecule has 1 saturated heterocycles. The van der Waals surface area contributed by atoms with Gasteiger partial charge in [-0.25, -0.2) is 4.98 Å². The Morgan fingerprint density at radius 3 is 2.80 bits per heavy atom. The first-order chi connectivity index (χ1) is 14.7. The van der Waals surface area contributed by atoms with Gasteiger partial charge in [-0.15, -0.1) is 0 Å². The normalized spacial score (nSPS) is 16.0. The summed E-state index contributed by atoms with van der Waals surface area (Å²) in [6.45, 7) is 3.83. The van der Waals surface area contributed by atoms with Gasteiger partial charge < -0.3 is 14.2 Å². The Hall–Kier alpha value is -2.64. The minimum absolute atomic E-state index is 0.00711. The molecule has 0 bridgehead atoms. The average molecular weight is 427 g/mol. The zero-order valence-electron chi connectivity index (χ0n) is 17.3. The van der Waals surface area contributed by atoms with Crippen LogP contribution in [0.3, 0.4) is 0 Å². The number of benzene rings is 2. The van der Waals surface area contributed by atoms with Crippen LogP contribution in [0.15, 0.2) is 42.5 Å². The number of hydrogen-bond donors (Lipinski definition) is 0. The molecule has 3 aromatic rings. The molecule has 0 saturated carbocycles. The Bertz CT molecular complexity index is 996. The highest BCUT2D eigenvalue weighted by atomic mass is 32.1. The van der Waals surface area contributed by atoms with E-state index >= 15 is 0 Å². The summed E-state index contributed by atoms with van der Waals surface area (Å²) in [6, 6.07) is 13.5. The van der Waals surface area contributed by atoms with Gasteiger partial charge in [0.15, 0.2) is 5.13 Å². The van der Waals surface area contributed by atoms with Crippen LogP contribution in [0.5, 0.6) is 11.5 Å². The number of ether oxygens (including phenoxy) is 3. The number of hydrogen-bond acceptors (Lipinski definition) is 6. The summed E-state index contributed by atoms with van der Waals surface area (Å²) in [5.74, 6) is 1.53. The molecule has 30 heavy (non-hydrogen) atoms. The Morgan fingerprint density at radius 2 is 2.10 bits per heavy atom. The van der Waals surface area contributed by atoms with Crippen molar-refractivity contribution < 1.29 is 19.0 Å². The van der Waals surface area contributed by atoms with Crippen LogP contribution in [-0.2, 0) is 16.0 Å². The van der Waals surface area contributed by atoms with Crippen LogP contribution in [0.4, 0.5) is 5.13 Å². The highest BCUT2D eigenvalue weighted by Gasteiger charge is 2.26. The van der Waals surface area contributed by atoms with Crippen molar-refractivity contribution in [1.29, 1.82) is 0 Å². The summed E-state index contributed by atoms with van der Waals surface area (Å²) < 4.78 is 17.7. The lowest BCUT2D eigenvalue weighted by atomic mass is 10.1. The van der Waals surface area contributed by atoms with Crippen molar-refractivity contribution in [1.82, 2.24) is 4.98 Å². The Kier molecular flexibility index (Phi) is 6.50. The number of fused-ring (bicyclic) bond motifs is 1. The SMILES string of the molecule is CCOc1ccc(CC(=O)N(CC2CCCO2)c2nc3c(OC)cccc3s2)cc1. The molecular weight excluding hydrogens is 400 g/mol. The van der Waals surface area contributed by atoms with Crippen LogP contribution in [0.2, 0.25) is 0 Å². The highest BCUT2D eigenvalue weighted by molar-refractivity contribution is 7.22. The van der Waals surface area contributed by atoms with E-state index in [-0.39, 0.29) is 12.0 Å². The molecular formula is C23H26N2O4S. The number of carbonyl (C=O) groups excluding carboxylic acids is 1. The molecule has 2 aromatic carbocycles. The lowest BCUT2D eigenvalue weighted by Crippen LogP contribution is -2.38. The van der Waals surface area contributed by atoms with E-state index in [2.05, 4.69) is 0 Å². The molecule has 0 aliphatic carbocycles. The molecule has 1 atom stereocenters. The molecule has 6 nitrogen and oxygen atoms in total. The van der Waals surface area contributed by atoms with Crippen molar-refractivity contribution in [2.45, 2.75) is 32.3 Å². The summed E-state index contributed by atoms with van der Waals surface area (Å²) in [5.41, 5.74) is 1.73. The van der Waals surface area contributed by atoms with E-state index in [0.717, 1.165) is 41.0 Å². The highest BCUT2D eigenvalue weighted by Crippen LogP contribution is 2.35. The summed E-state index contributed by atoms with van der Waals surface area (Å²) in [4.78, 5) is 19.8. The van der Waals surface area contributed by atoms with Gasteiger partial charge in [0.25, 0.3) is 0 Å². The molecule has 1 amide bonds. The molecule has 1 aliphatic heterocycles. The van der Waals surface area contributed by atoms with Crippen LogP contribution in [0.25, 0.3) is 10.2 Å². The Morgan fingerprint density at radius 1 is 1.27 bits per heavy atom. The van der Waals surface area contributed by atoms with Crippen molar-refractivity contribution in [2.24, 2.45) is 0 Å². The van der Waals surface area contributed by atoms with Crippen molar-refractivity contribution in [3.8, 4) is 11.5 Å². The van der Waals surface area contributed by atoms with Gasteiger partial charge in [-0.05, 0) is 49.6 Å². The van der Waals surface area contributed by atoms with Crippen LogP contribution in [0.1, 0.15) is 25.3 Å². The molecule has 2 heterocycles. The maximum Gasteiger partial charge on any atom is 0.233 e. The van der Waals surface area contributed by atoms with Crippen LogP contribution in [0, 0.1) is 0 Å². The van der Waals surface area contributed by atoms with Crippen molar-refractivity contribution >= 4 is 32.6 Å². The Labute approximate surface area is 180 Å². The minimum Gasteiger partial charge on any atom is -0.494 e. The number of nitrogens with zero attached hydrogens (tertiary/aromatic N) is 2. The predicted molar refractivity (Wildman–Crippen MR) is 119 cm³/mol. The van der Waals surface area contributed by atoms with Crippen LogP contribution in [-0.4, -0.2) is 43.9 Å². The number of rotatable bonds is 8. The first kappa shape index (κ1) is 20.6. The third-order valence-corrected chi connectivity index (χ3v) is 6.17. The molecule has 7 heteroatoms. The van der Waals surface area contributed by atoms with Gasteiger partial charge in [0.1, 0.15) is 17.0 Å². The number of thiazole rings is 1. The van der Waals surface area contributed by atoms with E-state index in [4.69, 9.17) is 19.2 Å². The topological polar surface area (TPSA) is 60.9 Å². The fraction of sp³-hybridized carbons (Fsp3) is 0.391. The third-order valence-electron chi connectivity index (χ3n) is 5.12. The molecule has 1 aliphatic rings. The van der Waals surface area contributed by atoms with Crippen molar-refractivity contribution in [3.05, 3.63) is 48.0 Å². The number of amides is 1. The summed E-state index contributed by atoms with van der Waals surface area (Å²) >= 11 is 1.50. The molecule has 1 fully saturated rings. The summed E-state index contributed by atoms with van der Waals surface area (Å²) in [5, 5.41) is 0.681. The lowest BCUT2D eigenvalue weighted by Gasteiger charge is -2.23. The summed E-state index contributed by atoms with van der Waals surface area (Å²) in [6.07, 6.45) is 2.33. The molecule has 0 spiro atoms.